The molecule has 9 heteroatoms. The van der Waals surface area contributed by atoms with Crippen molar-refractivity contribution in [3.63, 3.8) is 0 Å². The van der Waals surface area contributed by atoms with Crippen LogP contribution in [-0.4, -0.2) is 42.5 Å². The molecule has 1 N–H and O–H groups in total. The first-order valence-electron chi connectivity index (χ1n) is 9.59. The minimum absolute atomic E-state index is 0.160. The Kier molecular flexibility index (Phi) is 7.69. The van der Waals surface area contributed by atoms with Crippen molar-refractivity contribution in [3.05, 3.63) is 66.2 Å². The van der Waals surface area contributed by atoms with Crippen LogP contribution >= 0.6 is 0 Å². The van der Waals surface area contributed by atoms with Crippen LogP contribution in [0.25, 0.3) is 11.3 Å². The first kappa shape index (κ1) is 21.9. The summed E-state index contributed by atoms with van der Waals surface area (Å²) in [6.45, 7) is 2.47. The van der Waals surface area contributed by atoms with E-state index in [0.717, 1.165) is 23.4 Å². The summed E-state index contributed by atoms with van der Waals surface area (Å²) in [6, 6.07) is 13.8. The molecule has 0 radical (unpaired) electrons. The van der Waals surface area contributed by atoms with Gasteiger partial charge in [0.15, 0.2) is 18.2 Å². The highest BCUT2D eigenvalue weighted by Crippen LogP contribution is 2.21. The highest BCUT2D eigenvalue weighted by atomic mass is 19.1. The van der Waals surface area contributed by atoms with Crippen molar-refractivity contribution >= 4 is 5.91 Å². The van der Waals surface area contributed by atoms with E-state index in [1.807, 2.05) is 31.2 Å². The molecule has 1 heterocycles. The second kappa shape index (κ2) is 10.9. The Bertz CT molecular complexity index is 999. The Balaban J connectivity index is 1.38. The van der Waals surface area contributed by atoms with E-state index in [1.165, 1.54) is 0 Å². The monoisotopic (exact) mass is 429 g/mol. The average molecular weight is 429 g/mol. The van der Waals surface area contributed by atoms with Crippen LogP contribution in [-0.2, 0) is 4.79 Å². The fourth-order valence-electron chi connectivity index (χ4n) is 2.57. The number of rotatable bonds is 10. The van der Waals surface area contributed by atoms with Gasteiger partial charge >= 0.3 is 0 Å². The number of ether oxygens (including phenoxy) is 3. The van der Waals surface area contributed by atoms with Crippen LogP contribution in [0.15, 0.2) is 54.6 Å². The van der Waals surface area contributed by atoms with Gasteiger partial charge in [-0.25, -0.2) is 8.78 Å². The largest absolute Gasteiger partial charge is 0.494 e. The third-order valence-electron chi connectivity index (χ3n) is 4.03. The second-order valence-electron chi connectivity index (χ2n) is 6.28. The van der Waals surface area contributed by atoms with Crippen LogP contribution in [0, 0.1) is 11.6 Å². The van der Waals surface area contributed by atoms with Gasteiger partial charge in [0.2, 0.25) is 5.88 Å². The SMILES string of the molecule is CCOc1ccc(-c2ccc(OCCNC(=O)COc3ccc(F)cc3F)nn2)cc1. The molecule has 162 valence electrons. The third kappa shape index (κ3) is 6.63. The molecule has 0 aliphatic carbocycles. The van der Waals surface area contributed by atoms with Gasteiger partial charge in [-0.2, -0.15) is 0 Å². The highest BCUT2D eigenvalue weighted by Gasteiger charge is 2.08. The maximum Gasteiger partial charge on any atom is 0.258 e. The molecule has 1 amide bonds. The van der Waals surface area contributed by atoms with Crippen LogP contribution < -0.4 is 19.5 Å². The Morgan fingerprint density at radius 3 is 2.45 bits per heavy atom. The van der Waals surface area contributed by atoms with Crippen molar-refractivity contribution in [2.45, 2.75) is 6.92 Å². The summed E-state index contributed by atoms with van der Waals surface area (Å²) in [6.07, 6.45) is 0. The third-order valence-corrected chi connectivity index (χ3v) is 4.03. The molecule has 31 heavy (non-hydrogen) atoms. The average Bonchev–Trinajstić information content (AvgIpc) is 2.77. The van der Waals surface area contributed by atoms with E-state index in [2.05, 4.69) is 15.5 Å². The number of carbonyl (C=O) groups excluding carboxylic acids is 1. The molecule has 0 unspecified atom stereocenters. The van der Waals surface area contributed by atoms with Crippen LogP contribution in [0.5, 0.6) is 17.4 Å². The molecule has 3 aromatic rings. The zero-order chi connectivity index (χ0) is 22.1. The van der Waals surface area contributed by atoms with Crippen LogP contribution in [0.2, 0.25) is 0 Å². The molecule has 0 spiro atoms. The van der Waals surface area contributed by atoms with Gasteiger partial charge < -0.3 is 19.5 Å². The van der Waals surface area contributed by atoms with Gasteiger partial charge in [0.1, 0.15) is 18.2 Å². The maximum absolute atomic E-state index is 13.4. The van der Waals surface area contributed by atoms with Crippen molar-refractivity contribution in [1.29, 1.82) is 0 Å². The van der Waals surface area contributed by atoms with E-state index in [4.69, 9.17) is 14.2 Å². The number of halogens is 2. The number of carbonyl (C=O) groups is 1. The normalized spacial score (nSPS) is 10.4. The molecule has 0 saturated carbocycles. The molecule has 0 bridgehead atoms. The lowest BCUT2D eigenvalue weighted by molar-refractivity contribution is -0.123. The van der Waals surface area contributed by atoms with E-state index in [0.29, 0.717) is 24.2 Å². The number of amides is 1. The van der Waals surface area contributed by atoms with E-state index in [9.17, 15) is 13.6 Å². The number of hydrogen-bond acceptors (Lipinski definition) is 6. The lowest BCUT2D eigenvalue weighted by Gasteiger charge is -2.09. The van der Waals surface area contributed by atoms with Crippen molar-refractivity contribution in [3.8, 4) is 28.6 Å². The molecule has 0 aliphatic rings. The Hall–Kier alpha value is -3.75. The molecular weight excluding hydrogens is 408 g/mol. The van der Waals surface area contributed by atoms with Crippen molar-refractivity contribution in [1.82, 2.24) is 15.5 Å². The predicted molar refractivity (Wildman–Crippen MR) is 109 cm³/mol. The lowest BCUT2D eigenvalue weighted by atomic mass is 10.1. The van der Waals surface area contributed by atoms with Crippen molar-refractivity contribution in [2.75, 3.05) is 26.4 Å². The predicted octanol–water partition coefficient (Wildman–Crippen LogP) is 3.39. The maximum atomic E-state index is 13.4. The number of aromatic nitrogens is 2. The van der Waals surface area contributed by atoms with Gasteiger partial charge in [0.05, 0.1) is 18.8 Å². The van der Waals surface area contributed by atoms with E-state index < -0.39 is 24.1 Å². The fourth-order valence-corrected chi connectivity index (χ4v) is 2.57. The summed E-state index contributed by atoms with van der Waals surface area (Å²) < 4.78 is 42.2. The summed E-state index contributed by atoms with van der Waals surface area (Å²) >= 11 is 0. The Morgan fingerprint density at radius 1 is 0.968 bits per heavy atom. The van der Waals surface area contributed by atoms with Gasteiger partial charge in [-0.3, -0.25) is 4.79 Å². The molecule has 0 atom stereocenters. The van der Waals surface area contributed by atoms with Gasteiger partial charge in [-0.15, -0.1) is 10.2 Å². The number of nitrogens with one attached hydrogen (secondary N) is 1. The second-order valence-corrected chi connectivity index (χ2v) is 6.28. The topological polar surface area (TPSA) is 82.6 Å². The minimum atomic E-state index is -0.872. The van der Waals surface area contributed by atoms with Crippen molar-refractivity contribution < 1.29 is 27.8 Å². The Labute approximate surface area is 178 Å². The number of benzene rings is 2. The van der Waals surface area contributed by atoms with Crippen LogP contribution in [0.3, 0.4) is 0 Å². The summed E-state index contributed by atoms with van der Waals surface area (Å²) in [5, 5.41) is 10.7. The van der Waals surface area contributed by atoms with Crippen molar-refractivity contribution in [2.24, 2.45) is 0 Å². The molecule has 7 nitrogen and oxygen atoms in total. The summed E-state index contributed by atoms with van der Waals surface area (Å²) in [5.74, 6) is -1.16. The lowest BCUT2D eigenvalue weighted by Crippen LogP contribution is -2.32. The van der Waals surface area contributed by atoms with Gasteiger partial charge in [-0.1, -0.05) is 0 Å². The van der Waals surface area contributed by atoms with E-state index >= 15 is 0 Å². The molecule has 2 aromatic carbocycles. The summed E-state index contributed by atoms with van der Waals surface area (Å²) in [4.78, 5) is 11.7. The van der Waals surface area contributed by atoms with Crippen LogP contribution in [0.1, 0.15) is 6.92 Å². The highest BCUT2D eigenvalue weighted by molar-refractivity contribution is 5.77. The molecule has 0 fully saturated rings. The molecular formula is C22H21F2N3O4. The summed E-state index contributed by atoms with van der Waals surface area (Å²) in [7, 11) is 0. The van der Waals surface area contributed by atoms with E-state index in [1.54, 1.807) is 12.1 Å². The molecule has 0 aliphatic heterocycles. The summed E-state index contributed by atoms with van der Waals surface area (Å²) in [5.41, 5.74) is 1.58. The fraction of sp³-hybridized carbons (Fsp3) is 0.227. The molecule has 3 rings (SSSR count). The van der Waals surface area contributed by atoms with Gasteiger partial charge in [0.25, 0.3) is 5.91 Å². The molecule has 1 aromatic heterocycles. The minimum Gasteiger partial charge on any atom is -0.494 e. The zero-order valence-corrected chi connectivity index (χ0v) is 16.8. The number of hydrogen-bond donors (Lipinski definition) is 1. The quantitative estimate of drug-likeness (QED) is 0.498. The Morgan fingerprint density at radius 2 is 1.77 bits per heavy atom. The standard InChI is InChI=1S/C22H21F2N3O4/c1-2-29-17-6-3-15(4-7-17)19-8-10-22(27-26-19)30-12-11-25-21(28)14-31-20-9-5-16(23)13-18(20)24/h3-10,13H,2,11-12,14H2,1H3,(H,25,28). The molecule has 0 saturated heterocycles. The van der Waals surface area contributed by atoms with Gasteiger partial charge in [-0.05, 0) is 49.4 Å². The zero-order valence-electron chi connectivity index (χ0n) is 16.8. The number of nitrogens with zero attached hydrogens (tertiary/aromatic N) is 2. The van der Waals surface area contributed by atoms with E-state index in [-0.39, 0.29) is 18.9 Å². The van der Waals surface area contributed by atoms with Gasteiger partial charge in [0, 0.05) is 17.7 Å². The first-order chi connectivity index (χ1) is 15.0. The van der Waals surface area contributed by atoms with Crippen LogP contribution in [0.4, 0.5) is 8.78 Å². The smallest absolute Gasteiger partial charge is 0.258 e. The first-order valence-corrected chi connectivity index (χ1v) is 9.59.